The summed E-state index contributed by atoms with van der Waals surface area (Å²) in [6.45, 7) is 6.73. The van der Waals surface area contributed by atoms with E-state index in [4.69, 9.17) is 0 Å². The maximum Gasteiger partial charge on any atom is 0.0534 e. The molecule has 0 radical (unpaired) electrons. The van der Waals surface area contributed by atoms with Gasteiger partial charge in [-0.3, -0.25) is 9.58 Å². The third-order valence-electron chi connectivity index (χ3n) is 4.21. The van der Waals surface area contributed by atoms with E-state index in [0.717, 1.165) is 25.6 Å². The van der Waals surface area contributed by atoms with Crippen LogP contribution in [-0.4, -0.2) is 39.9 Å². The number of nitrogens with zero attached hydrogens (tertiary/aromatic N) is 3. The molecule has 1 atom stereocenters. The fourth-order valence-electron chi connectivity index (χ4n) is 3.05. The van der Waals surface area contributed by atoms with Gasteiger partial charge in [0, 0.05) is 43.5 Å². The molecule has 0 aromatic carbocycles. The molecular weight excluding hydrogens is 236 g/mol. The monoisotopic (exact) mass is 262 g/mol. The van der Waals surface area contributed by atoms with E-state index in [1.54, 1.807) is 0 Å². The predicted molar refractivity (Wildman–Crippen MR) is 77.0 cm³/mol. The van der Waals surface area contributed by atoms with Crippen LogP contribution in [0.2, 0.25) is 0 Å². The maximum atomic E-state index is 4.44. The summed E-state index contributed by atoms with van der Waals surface area (Å²) in [5, 5.41) is 8.06. The molecule has 3 rings (SSSR count). The van der Waals surface area contributed by atoms with Crippen molar-refractivity contribution in [2.24, 2.45) is 0 Å². The van der Waals surface area contributed by atoms with Gasteiger partial charge in [-0.05, 0) is 38.6 Å². The molecule has 0 amide bonds. The summed E-state index contributed by atoms with van der Waals surface area (Å²) in [4.78, 5) is 2.66. The summed E-state index contributed by atoms with van der Waals surface area (Å²) >= 11 is 0. The number of aromatic nitrogens is 2. The summed E-state index contributed by atoms with van der Waals surface area (Å²) in [6, 6.07) is 1.54. The molecule has 0 unspecified atom stereocenters. The maximum absolute atomic E-state index is 4.44. The normalized spacial score (nSPS) is 23.4. The number of hydrogen-bond donors (Lipinski definition) is 1. The minimum Gasteiger partial charge on any atom is -0.313 e. The van der Waals surface area contributed by atoms with E-state index in [9.17, 15) is 0 Å². The van der Waals surface area contributed by atoms with Gasteiger partial charge >= 0.3 is 0 Å². The van der Waals surface area contributed by atoms with E-state index in [-0.39, 0.29) is 0 Å². The van der Waals surface area contributed by atoms with Crippen molar-refractivity contribution in [3.05, 3.63) is 18.0 Å². The van der Waals surface area contributed by atoms with Crippen molar-refractivity contribution in [1.82, 2.24) is 20.0 Å². The highest BCUT2D eigenvalue weighted by molar-refractivity contribution is 5.05. The van der Waals surface area contributed by atoms with Crippen molar-refractivity contribution in [2.75, 3.05) is 13.1 Å². The summed E-state index contributed by atoms with van der Waals surface area (Å²) in [7, 11) is 0. The lowest BCUT2D eigenvalue weighted by molar-refractivity contribution is 0.231. The summed E-state index contributed by atoms with van der Waals surface area (Å²) in [5.74, 6) is 0. The Balaban J connectivity index is 1.56. The lowest BCUT2D eigenvalue weighted by atomic mass is 10.2. The second-order valence-electron chi connectivity index (χ2n) is 6.07. The van der Waals surface area contributed by atoms with Gasteiger partial charge in [-0.15, -0.1) is 0 Å². The molecule has 106 valence electrons. The van der Waals surface area contributed by atoms with Gasteiger partial charge in [0.2, 0.25) is 0 Å². The molecule has 2 aliphatic rings. The molecule has 1 N–H and O–H groups in total. The van der Waals surface area contributed by atoms with Crippen molar-refractivity contribution in [3.63, 3.8) is 0 Å². The van der Waals surface area contributed by atoms with Crippen LogP contribution in [0.5, 0.6) is 0 Å². The average molecular weight is 262 g/mol. The Morgan fingerprint density at radius 2 is 2.32 bits per heavy atom. The first-order chi connectivity index (χ1) is 9.35. The quantitative estimate of drug-likeness (QED) is 0.816. The molecule has 1 saturated heterocycles. The molecule has 1 saturated carbocycles. The Kier molecular flexibility index (Phi) is 4.18. The van der Waals surface area contributed by atoms with Crippen LogP contribution in [0.15, 0.2) is 12.4 Å². The van der Waals surface area contributed by atoms with Crippen LogP contribution in [0, 0.1) is 0 Å². The molecule has 19 heavy (non-hydrogen) atoms. The minimum absolute atomic E-state index is 0.714. The number of hydrogen-bond acceptors (Lipinski definition) is 3. The molecule has 0 spiro atoms. The summed E-state index contributed by atoms with van der Waals surface area (Å²) in [5.41, 5.74) is 1.37. The largest absolute Gasteiger partial charge is 0.313 e. The fourth-order valence-corrected chi connectivity index (χ4v) is 3.05. The number of nitrogens with one attached hydrogen (secondary N) is 1. The van der Waals surface area contributed by atoms with Gasteiger partial charge in [0.15, 0.2) is 0 Å². The highest BCUT2D eigenvalue weighted by atomic mass is 15.3. The smallest absolute Gasteiger partial charge is 0.0534 e. The van der Waals surface area contributed by atoms with Crippen molar-refractivity contribution in [1.29, 1.82) is 0 Å². The average Bonchev–Trinajstić information content (AvgIpc) is 2.95. The first-order valence-electron chi connectivity index (χ1n) is 7.84. The van der Waals surface area contributed by atoms with Crippen molar-refractivity contribution in [3.8, 4) is 0 Å². The number of aryl methyl sites for hydroxylation is 1. The zero-order valence-electron chi connectivity index (χ0n) is 12.0. The molecule has 1 aromatic rings. The van der Waals surface area contributed by atoms with Crippen LogP contribution in [0.1, 0.15) is 44.6 Å². The van der Waals surface area contributed by atoms with E-state index in [2.05, 4.69) is 33.1 Å². The van der Waals surface area contributed by atoms with Crippen LogP contribution in [0.4, 0.5) is 0 Å². The SMILES string of the molecule is CCCn1cc(CN(C[C@H]2CCCN2)C2CC2)cn1. The lowest BCUT2D eigenvalue weighted by Gasteiger charge is -2.25. The molecule has 1 aliphatic carbocycles. The van der Waals surface area contributed by atoms with E-state index >= 15 is 0 Å². The third-order valence-corrected chi connectivity index (χ3v) is 4.21. The van der Waals surface area contributed by atoms with Crippen molar-refractivity contribution in [2.45, 2.75) is 64.2 Å². The topological polar surface area (TPSA) is 33.1 Å². The van der Waals surface area contributed by atoms with E-state index in [1.165, 1.54) is 44.3 Å². The van der Waals surface area contributed by atoms with Crippen LogP contribution < -0.4 is 5.32 Å². The highest BCUT2D eigenvalue weighted by Crippen LogP contribution is 2.29. The summed E-state index contributed by atoms with van der Waals surface area (Å²) < 4.78 is 2.08. The zero-order chi connectivity index (χ0) is 13.1. The molecule has 2 heterocycles. The second kappa shape index (κ2) is 6.06. The molecule has 4 heteroatoms. The predicted octanol–water partition coefficient (Wildman–Crippen LogP) is 2.01. The molecular formula is C15H26N4. The molecule has 2 fully saturated rings. The van der Waals surface area contributed by atoms with Crippen LogP contribution in [0.3, 0.4) is 0 Å². The Labute approximate surface area is 116 Å². The van der Waals surface area contributed by atoms with Gasteiger partial charge in [-0.1, -0.05) is 6.92 Å². The Hall–Kier alpha value is -0.870. The van der Waals surface area contributed by atoms with Gasteiger partial charge in [0.05, 0.1) is 6.20 Å². The fraction of sp³-hybridized carbons (Fsp3) is 0.800. The van der Waals surface area contributed by atoms with Gasteiger partial charge in [0.1, 0.15) is 0 Å². The Morgan fingerprint density at radius 3 is 3.00 bits per heavy atom. The molecule has 4 nitrogen and oxygen atoms in total. The summed E-state index contributed by atoms with van der Waals surface area (Å²) in [6.07, 6.45) is 10.9. The molecule has 0 bridgehead atoms. The second-order valence-corrected chi connectivity index (χ2v) is 6.07. The highest BCUT2D eigenvalue weighted by Gasteiger charge is 2.31. The zero-order valence-corrected chi connectivity index (χ0v) is 12.0. The van der Waals surface area contributed by atoms with E-state index in [1.807, 2.05) is 6.20 Å². The minimum atomic E-state index is 0.714. The first-order valence-corrected chi connectivity index (χ1v) is 7.84. The van der Waals surface area contributed by atoms with Gasteiger partial charge in [-0.25, -0.2) is 0 Å². The molecule has 1 aliphatic heterocycles. The Morgan fingerprint density at radius 1 is 1.42 bits per heavy atom. The van der Waals surface area contributed by atoms with Crippen LogP contribution in [0.25, 0.3) is 0 Å². The van der Waals surface area contributed by atoms with Gasteiger partial charge in [-0.2, -0.15) is 5.10 Å². The van der Waals surface area contributed by atoms with Crippen molar-refractivity contribution >= 4 is 0 Å². The van der Waals surface area contributed by atoms with Crippen LogP contribution >= 0.6 is 0 Å². The number of rotatable bonds is 7. The Bertz CT molecular complexity index is 391. The lowest BCUT2D eigenvalue weighted by Crippen LogP contribution is -2.38. The van der Waals surface area contributed by atoms with E-state index in [0.29, 0.717) is 6.04 Å². The van der Waals surface area contributed by atoms with Crippen LogP contribution in [-0.2, 0) is 13.1 Å². The standard InChI is InChI=1S/C15H26N4/c1-2-8-19-11-13(9-17-19)10-18(15-5-6-15)12-14-4-3-7-16-14/h9,11,14-16H,2-8,10,12H2,1H3/t14-/m1/s1. The third kappa shape index (κ3) is 3.57. The van der Waals surface area contributed by atoms with E-state index < -0.39 is 0 Å². The van der Waals surface area contributed by atoms with Crippen molar-refractivity contribution < 1.29 is 0 Å². The van der Waals surface area contributed by atoms with Gasteiger partial charge < -0.3 is 5.32 Å². The first kappa shape index (κ1) is 13.1. The van der Waals surface area contributed by atoms with Gasteiger partial charge in [0.25, 0.3) is 0 Å². The molecule has 1 aromatic heterocycles.